The molecular formula is C18H20ClNO4. The molecule has 0 aliphatic rings. The van der Waals surface area contributed by atoms with Crippen molar-refractivity contribution in [3.8, 4) is 5.75 Å². The highest BCUT2D eigenvalue weighted by molar-refractivity contribution is 6.30. The summed E-state index contributed by atoms with van der Waals surface area (Å²) in [4.78, 5) is 12.1. The molecule has 2 rings (SSSR count). The van der Waals surface area contributed by atoms with Crippen LogP contribution in [0.4, 0.5) is 5.69 Å². The second kappa shape index (κ2) is 8.57. The quantitative estimate of drug-likeness (QED) is 0.772. The Morgan fingerprint density at radius 3 is 2.29 bits per heavy atom. The standard InChI is InChI=1S/C18H20ClNO4/c1-22-15-7-5-4-6-14(15)20-16(17(23-2)18(21)24-3)12-8-10-13(19)11-9-12/h4-11,16-17,20H,1-3H3/t16-,17+/m1/s1. The van der Waals surface area contributed by atoms with Gasteiger partial charge in [0.1, 0.15) is 5.75 Å². The second-order valence-electron chi connectivity index (χ2n) is 5.05. The highest BCUT2D eigenvalue weighted by atomic mass is 35.5. The van der Waals surface area contributed by atoms with E-state index in [1.165, 1.54) is 14.2 Å². The van der Waals surface area contributed by atoms with Gasteiger partial charge in [-0.15, -0.1) is 0 Å². The highest BCUT2D eigenvalue weighted by Gasteiger charge is 2.31. The van der Waals surface area contributed by atoms with Crippen molar-refractivity contribution >= 4 is 23.3 Å². The minimum atomic E-state index is -0.832. The third kappa shape index (κ3) is 4.19. The van der Waals surface area contributed by atoms with Gasteiger partial charge in [0, 0.05) is 12.1 Å². The van der Waals surface area contributed by atoms with Gasteiger partial charge in [-0.25, -0.2) is 4.79 Å². The predicted octanol–water partition coefficient (Wildman–Crippen LogP) is 3.69. The average Bonchev–Trinajstić information content (AvgIpc) is 2.62. The maximum absolute atomic E-state index is 12.1. The number of carbonyl (C=O) groups is 1. The van der Waals surface area contributed by atoms with Crippen molar-refractivity contribution < 1.29 is 19.0 Å². The van der Waals surface area contributed by atoms with Crippen LogP contribution in [0.15, 0.2) is 48.5 Å². The highest BCUT2D eigenvalue weighted by Crippen LogP contribution is 2.31. The van der Waals surface area contributed by atoms with Gasteiger partial charge in [0.15, 0.2) is 6.10 Å². The zero-order valence-electron chi connectivity index (χ0n) is 13.8. The van der Waals surface area contributed by atoms with Crippen LogP contribution in [0.25, 0.3) is 0 Å². The van der Waals surface area contributed by atoms with Gasteiger partial charge in [-0.3, -0.25) is 0 Å². The van der Waals surface area contributed by atoms with Crippen molar-refractivity contribution in [3.05, 3.63) is 59.1 Å². The summed E-state index contributed by atoms with van der Waals surface area (Å²) in [6.07, 6.45) is -0.832. The van der Waals surface area contributed by atoms with Crippen molar-refractivity contribution in [1.29, 1.82) is 0 Å². The lowest BCUT2D eigenvalue weighted by molar-refractivity contribution is -0.153. The Morgan fingerprint density at radius 1 is 1.04 bits per heavy atom. The van der Waals surface area contributed by atoms with Crippen LogP contribution in [0.2, 0.25) is 5.02 Å². The lowest BCUT2D eigenvalue weighted by Gasteiger charge is -2.27. The molecule has 0 aliphatic heterocycles. The van der Waals surface area contributed by atoms with E-state index in [4.69, 9.17) is 25.8 Å². The van der Waals surface area contributed by atoms with Crippen LogP contribution in [-0.4, -0.2) is 33.4 Å². The molecule has 0 radical (unpaired) electrons. The van der Waals surface area contributed by atoms with Crippen LogP contribution >= 0.6 is 11.6 Å². The second-order valence-corrected chi connectivity index (χ2v) is 5.49. The molecule has 5 nitrogen and oxygen atoms in total. The Balaban J connectivity index is 2.41. The first-order chi connectivity index (χ1) is 11.6. The molecule has 0 fully saturated rings. The van der Waals surface area contributed by atoms with E-state index in [2.05, 4.69) is 5.32 Å². The van der Waals surface area contributed by atoms with Crippen molar-refractivity contribution in [3.63, 3.8) is 0 Å². The van der Waals surface area contributed by atoms with Gasteiger partial charge in [0.25, 0.3) is 0 Å². The van der Waals surface area contributed by atoms with E-state index < -0.39 is 18.1 Å². The summed E-state index contributed by atoms with van der Waals surface area (Å²) >= 11 is 5.96. The van der Waals surface area contributed by atoms with E-state index in [9.17, 15) is 4.79 Å². The largest absolute Gasteiger partial charge is 0.495 e. The van der Waals surface area contributed by atoms with Crippen LogP contribution in [0, 0.1) is 0 Å². The van der Waals surface area contributed by atoms with Gasteiger partial charge in [0.2, 0.25) is 0 Å². The van der Waals surface area contributed by atoms with Crippen molar-refractivity contribution in [2.75, 3.05) is 26.6 Å². The fraction of sp³-hybridized carbons (Fsp3) is 0.278. The molecule has 6 heteroatoms. The van der Waals surface area contributed by atoms with E-state index >= 15 is 0 Å². The smallest absolute Gasteiger partial charge is 0.337 e. The van der Waals surface area contributed by atoms with Gasteiger partial charge in [-0.1, -0.05) is 35.9 Å². The van der Waals surface area contributed by atoms with Gasteiger partial charge in [0.05, 0.1) is 25.9 Å². The number of hydrogen-bond acceptors (Lipinski definition) is 5. The summed E-state index contributed by atoms with van der Waals surface area (Å²) in [6, 6.07) is 14.2. The molecule has 0 saturated carbocycles. The fourth-order valence-corrected chi connectivity index (χ4v) is 2.55. The molecule has 0 unspecified atom stereocenters. The molecule has 0 amide bonds. The normalized spacial score (nSPS) is 13.0. The van der Waals surface area contributed by atoms with Crippen molar-refractivity contribution in [2.24, 2.45) is 0 Å². The zero-order valence-corrected chi connectivity index (χ0v) is 14.5. The summed E-state index contributed by atoms with van der Waals surface area (Å²) < 4.78 is 15.6. The third-order valence-electron chi connectivity index (χ3n) is 3.64. The number of esters is 1. The Hall–Kier alpha value is -2.24. The maximum Gasteiger partial charge on any atom is 0.337 e. The number of nitrogens with one attached hydrogen (secondary N) is 1. The number of benzene rings is 2. The number of anilines is 1. The molecule has 0 saturated heterocycles. The first kappa shape index (κ1) is 18.1. The average molecular weight is 350 g/mol. The molecule has 128 valence electrons. The Morgan fingerprint density at radius 2 is 1.71 bits per heavy atom. The molecule has 0 heterocycles. The Bertz CT molecular complexity index is 675. The van der Waals surface area contributed by atoms with Crippen LogP contribution in [-0.2, 0) is 14.3 Å². The number of halogens is 1. The molecular weight excluding hydrogens is 330 g/mol. The molecule has 0 aromatic heterocycles. The van der Waals surface area contributed by atoms with E-state index in [1.54, 1.807) is 19.2 Å². The van der Waals surface area contributed by atoms with Gasteiger partial charge in [-0.05, 0) is 29.8 Å². The summed E-state index contributed by atoms with van der Waals surface area (Å²) in [5.74, 6) is 0.191. The SMILES string of the molecule is COC(=O)[C@@H](OC)[C@H](Nc1ccccc1OC)c1ccc(Cl)cc1. The number of hydrogen-bond donors (Lipinski definition) is 1. The molecule has 2 aromatic carbocycles. The molecule has 24 heavy (non-hydrogen) atoms. The van der Waals surface area contributed by atoms with Gasteiger partial charge in [-0.2, -0.15) is 0 Å². The Kier molecular flexibility index (Phi) is 6.46. The topological polar surface area (TPSA) is 56.8 Å². The van der Waals surface area contributed by atoms with E-state index in [0.29, 0.717) is 10.8 Å². The van der Waals surface area contributed by atoms with Gasteiger partial charge >= 0.3 is 5.97 Å². The maximum atomic E-state index is 12.1. The third-order valence-corrected chi connectivity index (χ3v) is 3.89. The van der Waals surface area contributed by atoms with E-state index in [1.807, 2.05) is 36.4 Å². The lowest BCUT2D eigenvalue weighted by atomic mass is 10.0. The minimum Gasteiger partial charge on any atom is -0.495 e. The first-order valence-electron chi connectivity index (χ1n) is 7.36. The molecule has 2 aromatic rings. The number of ether oxygens (including phenoxy) is 3. The molecule has 1 N–H and O–H groups in total. The van der Waals surface area contributed by atoms with Crippen LogP contribution in [0.1, 0.15) is 11.6 Å². The number of carbonyl (C=O) groups excluding carboxylic acids is 1. The summed E-state index contributed by atoms with van der Waals surface area (Å²) in [7, 11) is 4.39. The van der Waals surface area contributed by atoms with Gasteiger partial charge < -0.3 is 19.5 Å². The predicted molar refractivity (Wildman–Crippen MR) is 93.6 cm³/mol. The van der Waals surface area contributed by atoms with Crippen LogP contribution in [0.5, 0.6) is 5.75 Å². The number of methoxy groups -OCH3 is 3. The summed E-state index contributed by atoms with van der Waals surface area (Å²) in [6.45, 7) is 0. The Labute approximate surface area is 146 Å². The van der Waals surface area contributed by atoms with Crippen LogP contribution < -0.4 is 10.1 Å². The van der Waals surface area contributed by atoms with Crippen LogP contribution in [0.3, 0.4) is 0 Å². The number of para-hydroxylation sites is 2. The minimum absolute atomic E-state index is 0.472. The number of rotatable bonds is 7. The zero-order chi connectivity index (χ0) is 17.5. The van der Waals surface area contributed by atoms with Crippen molar-refractivity contribution in [1.82, 2.24) is 0 Å². The molecule has 2 atom stereocenters. The molecule has 0 bridgehead atoms. The summed E-state index contributed by atoms with van der Waals surface area (Å²) in [5, 5.41) is 3.92. The van der Waals surface area contributed by atoms with E-state index in [0.717, 1.165) is 11.3 Å². The fourth-order valence-electron chi connectivity index (χ4n) is 2.42. The monoisotopic (exact) mass is 349 g/mol. The first-order valence-corrected chi connectivity index (χ1v) is 7.74. The molecule has 0 aliphatic carbocycles. The van der Waals surface area contributed by atoms with E-state index in [-0.39, 0.29) is 0 Å². The van der Waals surface area contributed by atoms with Crippen molar-refractivity contribution in [2.45, 2.75) is 12.1 Å². The molecule has 0 spiro atoms. The lowest BCUT2D eigenvalue weighted by Crippen LogP contribution is -2.35. The summed E-state index contributed by atoms with van der Waals surface area (Å²) in [5.41, 5.74) is 1.58.